The lowest BCUT2D eigenvalue weighted by molar-refractivity contribution is 0.266. The maximum atomic E-state index is 13.3. The Kier molecular flexibility index (Phi) is 3.96. The van der Waals surface area contributed by atoms with Gasteiger partial charge in [-0.3, -0.25) is 15.4 Å². The van der Waals surface area contributed by atoms with Gasteiger partial charge in [0.1, 0.15) is 12.5 Å². The second-order valence-corrected chi connectivity index (χ2v) is 5.42. The highest BCUT2D eigenvalue weighted by atomic mass is 19.1. The SMILES string of the molecule is Cn1c(CN2Cc3ccc(F)cc3C2)ccc(OCN)c1=O. The summed E-state index contributed by atoms with van der Waals surface area (Å²) in [6, 6.07) is 8.38. The molecule has 0 amide bonds. The number of benzene rings is 1. The molecule has 0 saturated heterocycles. The van der Waals surface area contributed by atoms with E-state index in [1.807, 2.05) is 12.1 Å². The minimum Gasteiger partial charge on any atom is -0.473 e. The molecule has 116 valence electrons. The van der Waals surface area contributed by atoms with Gasteiger partial charge in [-0.25, -0.2) is 4.39 Å². The zero-order valence-corrected chi connectivity index (χ0v) is 12.4. The van der Waals surface area contributed by atoms with Crippen LogP contribution in [0, 0.1) is 5.82 Å². The zero-order chi connectivity index (χ0) is 15.7. The molecule has 0 unspecified atom stereocenters. The van der Waals surface area contributed by atoms with E-state index < -0.39 is 0 Å². The fourth-order valence-electron chi connectivity index (χ4n) is 2.78. The van der Waals surface area contributed by atoms with Gasteiger partial charge in [0, 0.05) is 32.4 Å². The van der Waals surface area contributed by atoms with E-state index in [2.05, 4.69) is 4.90 Å². The van der Waals surface area contributed by atoms with E-state index in [0.717, 1.165) is 23.4 Å². The number of nitrogens with two attached hydrogens (primary N) is 1. The van der Waals surface area contributed by atoms with Gasteiger partial charge in [0.25, 0.3) is 5.56 Å². The number of nitrogens with zero attached hydrogens (tertiary/aromatic N) is 2. The Balaban J connectivity index is 1.78. The number of hydrogen-bond acceptors (Lipinski definition) is 4. The lowest BCUT2D eigenvalue weighted by Crippen LogP contribution is -2.27. The fourth-order valence-corrected chi connectivity index (χ4v) is 2.78. The third-order valence-electron chi connectivity index (χ3n) is 3.95. The van der Waals surface area contributed by atoms with Crippen LogP contribution in [0.3, 0.4) is 0 Å². The normalized spacial score (nSPS) is 14.1. The van der Waals surface area contributed by atoms with Crippen molar-refractivity contribution >= 4 is 0 Å². The lowest BCUT2D eigenvalue weighted by atomic mass is 10.1. The number of ether oxygens (including phenoxy) is 1. The van der Waals surface area contributed by atoms with Gasteiger partial charge in [0.05, 0.1) is 0 Å². The highest BCUT2D eigenvalue weighted by Gasteiger charge is 2.20. The molecule has 1 aliphatic heterocycles. The summed E-state index contributed by atoms with van der Waals surface area (Å²) in [7, 11) is 1.71. The summed E-state index contributed by atoms with van der Waals surface area (Å²) in [5, 5.41) is 0. The summed E-state index contributed by atoms with van der Waals surface area (Å²) in [5.74, 6) is 0.0387. The monoisotopic (exact) mass is 303 g/mol. The third-order valence-corrected chi connectivity index (χ3v) is 3.95. The summed E-state index contributed by atoms with van der Waals surface area (Å²) >= 11 is 0. The minimum absolute atomic E-state index is 0.0262. The van der Waals surface area contributed by atoms with Crippen LogP contribution in [0.1, 0.15) is 16.8 Å². The summed E-state index contributed by atoms with van der Waals surface area (Å²) < 4.78 is 19.9. The molecule has 22 heavy (non-hydrogen) atoms. The molecule has 0 radical (unpaired) electrons. The molecular formula is C16H18FN3O2. The first-order chi connectivity index (χ1) is 10.6. The van der Waals surface area contributed by atoms with Crippen molar-refractivity contribution in [3.8, 4) is 5.75 Å². The van der Waals surface area contributed by atoms with Crippen molar-refractivity contribution in [2.45, 2.75) is 19.6 Å². The number of hydrogen-bond donors (Lipinski definition) is 1. The molecule has 2 aromatic rings. The molecule has 0 bridgehead atoms. The topological polar surface area (TPSA) is 60.5 Å². The molecule has 1 aromatic heterocycles. The molecular weight excluding hydrogens is 285 g/mol. The molecule has 0 aliphatic carbocycles. The van der Waals surface area contributed by atoms with Crippen molar-refractivity contribution in [2.75, 3.05) is 6.73 Å². The average Bonchev–Trinajstić information content (AvgIpc) is 2.88. The molecule has 1 aromatic carbocycles. The molecule has 5 nitrogen and oxygen atoms in total. The van der Waals surface area contributed by atoms with E-state index in [0.29, 0.717) is 13.1 Å². The van der Waals surface area contributed by atoms with Gasteiger partial charge in [-0.1, -0.05) is 6.07 Å². The van der Waals surface area contributed by atoms with Crippen LogP contribution in [0.15, 0.2) is 35.1 Å². The zero-order valence-electron chi connectivity index (χ0n) is 12.4. The van der Waals surface area contributed by atoms with Crippen LogP contribution < -0.4 is 16.0 Å². The van der Waals surface area contributed by atoms with Gasteiger partial charge in [-0.15, -0.1) is 0 Å². The predicted molar refractivity (Wildman–Crippen MR) is 80.7 cm³/mol. The van der Waals surface area contributed by atoms with Gasteiger partial charge in [-0.05, 0) is 35.4 Å². The standard InChI is InChI=1S/C16H18FN3O2/c1-19-14(4-5-15(16(19)21)22-10-18)9-20-7-11-2-3-13(17)6-12(11)8-20/h2-6H,7-10,18H2,1H3. The Morgan fingerprint density at radius 2 is 2.00 bits per heavy atom. The Labute approximate surface area is 127 Å². The molecule has 1 aliphatic rings. The maximum absolute atomic E-state index is 13.3. The van der Waals surface area contributed by atoms with Gasteiger partial charge in [0.15, 0.2) is 5.75 Å². The van der Waals surface area contributed by atoms with Crippen molar-refractivity contribution in [3.63, 3.8) is 0 Å². The number of halogens is 1. The molecule has 2 N–H and O–H groups in total. The summed E-state index contributed by atoms with van der Waals surface area (Å²) in [4.78, 5) is 14.3. The number of rotatable bonds is 4. The third kappa shape index (κ3) is 2.75. The quantitative estimate of drug-likeness (QED) is 0.866. The van der Waals surface area contributed by atoms with E-state index in [1.165, 1.54) is 6.07 Å². The van der Waals surface area contributed by atoms with Gasteiger partial charge in [-0.2, -0.15) is 0 Å². The minimum atomic E-state index is -0.212. The highest BCUT2D eigenvalue weighted by molar-refractivity contribution is 5.31. The van der Waals surface area contributed by atoms with Crippen molar-refractivity contribution in [2.24, 2.45) is 12.8 Å². The van der Waals surface area contributed by atoms with Gasteiger partial charge < -0.3 is 9.30 Å². The first kappa shape index (κ1) is 14.7. The fraction of sp³-hybridized carbons (Fsp3) is 0.312. The number of aromatic nitrogens is 1. The van der Waals surface area contributed by atoms with Crippen molar-refractivity contribution in [1.82, 2.24) is 9.47 Å². The second-order valence-electron chi connectivity index (χ2n) is 5.42. The summed E-state index contributed by atoms with van der Waals surface area (Å²) in [6.07, 6.45) is 0. The van der Waals surface area contributed by atoms with E-state index in [4.69, 9.17) is 10.5 Å². The first-order valence-electron chi connectivity index (χ1n) is 7.10. The van der Waals surface area contributed by atoms with Crippen LogP contribution in [0.4, 0.5) is 4.39 Å². The van der Waals surface area contributed by atoms with E-state index in [-0.39, 0.29) is 23.9 Å². The first-order valence-corrected chi connectivity index (χ1v) is 7.10. The van der Waals surface area contributed by atoms with Crippen LogP contribution in [-0.2, 0) is 26.7 Å². The molecule has 0 spiro atoms. The molecule has 2 heterocycles. The molecule has 0 fully saturated rings. The van der Waals surface area contributed by atoms with Gasteiger partial charge in [0.2, 0.25) is 0 Å². The molecule has 3 rings (SSSR count). The van der Waals surface area contributed by atoms with Crippen molar-refractivity contribution < 1.29 is 9.13 Å². The molecule has 6 heteroatoms. The van der Waals surface area contributed by atoms with E-state index >= 15 is 0 Å². The smallest absolute Gasteiger partial charge is 0.292 e. The Hall–Kier alpha value is -2.18. The highest BCUT2D eigenvalue weighted by Crippen LogP contribution is 2.24. The van der Waals surface area contributed by atoms with Crippen LogP contribution >= 0.6 is 0 Å². The Bertz CT molecular complexity index is 758. The van der Waals surface area contributed by atoms with Crippen molar-refractivity contribution in [1.29, 1.82) is 0 Å². The Morgan fingerprint density at radius 3 is 2.77 bits per heavy atom. The number of pyridine rings is 1. The van der Waals surface area contributed by atoms with Crippen molar-refractivity contribution in [3.05, 3.63) is 63.3 Å². The van der Waals surface area contributed by atoms with Crippen LogP contribution in [0.2, 0.25) is 0 Å². The average molecular weight is 303 g/mol. The molecule has 0 saturated carbocycles. The molecule has 0 atom stereocenters. The van der Waals surface area contributed by atoms with Crippen LogP contribution in [0.25, 0.3) is 0 Å². The second kappa shape index (κ2) is 5.90. The Morgan fingerprint density at radius 1 is 1.23 bits per heavy atom. The van der Waals surface area contributed by atoms with E-state index in [1.54, 1.807) is 23.7 Å². The number of fused-ring (bicyclic) bond motifs is 1. The van der Waals surface area contributed by atoms with Crippen LogP contribution in [-0.4, -0.2) is 16.2 Å². The summed E-state index contributed by atoms with van der Waals surface area (Å²) in [5.41, 5.74) is 8.12. The largest absolute Gasteiger partial charge is 0.473 e. The predicted octanol–water partition coefficient (Wildman–Crippen LogP) is 1.34. The summed E-state index contributed by atoms with van der Waals surface area (Å²) in [6.45, 7) is 2.03. The van der Waals surface area contributed by atoms with E-state index in [9.17, 15) is 9.18 Å². The van der Waals surface area contributed by atoms with Gasteiger partial charge >= 0.3 is 0 Å². The maximum Gasteiger partial charge on any atom is 0.292 e. The van der Waals surface area contributed by atoms with Crippen LogP contribution in [0.5, 0.6) is 5.75 Å². The lowest BCUT2D eigenvalue weighted by Gasteiger charge is -2.17.